The minimum absolute atomic E-state index is 0.105. The fourth-order valence-corrected chi connectivity index (χ4v) is 1.86. The normalized spacial score (nSPS) is 13.2. The van der Waals surface area contributed by atoms with Crippen molar-refractivity contribution in [1.82, 2.24) is 5.32 Å². The van der Waals surface area contributed by atoms with Gasteiger partial charge in [-0.2, -0.15) is 0 Å². The Morgan fingerprint density at radius 1 is 1.33 bits per heavy atom. The van der Waals surface area contributed by atoms with E-state index in [4.69, 9.17) is 9.47 Å². The first kappa shape index (κ1) is 15.3. The molecule has 0 heterocycles. The molecule has 0 bridgehead atoms. The van der Waals surface area contributed by atoms with Gasteiger partial charge >= 0.3 is 0 Å². The molecule has 0 aliphatic heterocycles. The summed E-state index contributed by atoms with van der Waals surface area (Å²) in [6.07, 6.45) is 0.105. The highest BCUT2D eigenvalue weighted by atomic mass is 79.9. The van der Waals surface area contributed by atoms with E-state index in [9.17, 15) is 0 Å². The third kappa shape index (κ3) is 5.27. The summed E-state index contributed by atoms with van der Waals surface area (Å²) < 4.78 is 11.9. The molecule has 1 unspecified atom stereocenters. The predicted octanol–water partition coefficient (Wildman–Crippen LogP) is 3.61. The Labute approximate surface area is 118 Å². The van der Waals surface area contributed by atoms with E-state index < -0.39 is 0 Å². The van der Waals surface area contributed by atoms with Crippen LogP contribution in [0.2, 0.25) is 0 Å². The molecule has 0 radical (unpaired) electrons. The maximum absolute atomic E-state index is 5.88. The van der Waals surface area contributed by atoms with Crippen LogP contribution in [-0.4, -0.2) is 25.3 Å². The van der Waals surface area contributed by atoms with Gasteiger partial charge in [-0.25, -0.2) is 0 Å². The lowest BCUT2D eigenvalue weighted by atomic mass is 10.1. The van der Waals surface area contributed by atoms with Crippen molar-refractivity contribution < 1.29 is 9.47 Å². The van der Waals surface area contributed by atoms with Crippen molar-refractivity contribution in [1.29, 1.82) is 0 Å². The number of methoxy groups -OCH3 is 1. The van der Waals surface area contributed by atoms with Gasteiger partial charge < -0.3 is 14.8 Å². The quantitative estimate of drug-likeness (QED) is 0.900. The number of nitrogens with one attached hydrogen (secondary N) is 1. The number of rotatable bonds is 5. The monoisotopic (exact) mass is 315 g/mol. The van der Waals surface area contributed by atoms with E-state index in [1.807, 2.05) is 18.2 Å². The molecule has 0 aliphatic carbocycles. The first-order chi connectivity index (χ1) is 8.31. The first-order valence-corrected chi connectivity index (χ1v) is 6.86. The van der Waals surface area contributed by atoms with Crippen molar-refractivity contribution in [2.75, 3.05) is 13.7 Å². The summed E-state index contributed by atoms with van der Waals surface area (Å²) in [5.74, 6) is 1.65. The van der Waals surface area contributed by atoms with Crippen LogP contribution in [0.3, 0.4) is 0 Å². The SMILES string of the molecule is COc1ccc(OC(C)CNC(C)(C)C)c(Br)c1. The second-order valence-electron chi connectivity index (χ2n) is 5.36. The van der Waals surface area contributed by atoms with Crippen molar-refractivity contribution >= 4 is 15.9 Å². The smallest absolute Gasteiger partial charge is 0.134 e. The van der Waals surface area contributed by atoms with E-state index in [1.165, 1.54) is 0 Å². The van der Waals surface area contributed by atoms with Gasteiger partial charge in [0.2, 0.25) is 0 Å². The summed E-state index contributed by atoms with van der Waals surface area (Å²) in [5.41, 5.74) is 0.106. The minimum Gasteiger partial charge on any atom is -0.497 e. The maximum atomic E-state index is 5.88. The molecular weight excluding hydrogens is 294 g/mol. The van der Waals surface area contributed by atoms with E-state index in [0.29, 0.717) is 0 Å². The third-order valence-electron chi connectivity index (χ3n) is 2.39. The molecule has 0 spiro atoms. The molecule has 1 N–H and O–H groups in total. The van der Waals surface area contributed by atoms with Crippen LogP contribution in [-0.2, 0) is 0 Å². The largest absolute Gasteiger partial charge is 0.497 e. The molecular formula is C14H22BrNO2. The second kappa shape index (κ2) is 6.43. The van der Waals surface area contributed by atoms with E-state index in [-0.39, 0.29) is 11.6 Å². The summed E-state index contributed by atoms with van der Waals surface area (Å²) >= 11 is 3.48. The van der Waals surface area contributed by atoms with Crippen LogP contribution in [0.1, 0.15) is 27.7 Å². The van der Waals surface area contributed by atoms with Crippen LogP contribution < -0.4 is 14.8 Å². The van der Waals surface area contributed by atoms with Gasteiger partial charge in [-0.3, -0.25) is 0 Å². The lowest BCUT2D eigenvalue weighted by Crippen LogP contribution is -2.41. The fraction of sp³-hybridized carbons (Fsp3) is 0.571. The summed E-state index contributed by atoms with van der Waals surface area (Å²) in [6.45, 7) is 9.28. The average molecular weight is 316 g/mol. The van der Waals surface area contributed by atoms with E-state index in [1.54, 1.807) is 7.11 Å². The van der Waals surface area contributed by atoms with Crippen LogP contribution in [0.4, 0.5) is 0 Å². The zero-order chi connectivity index (χ0) is 13.8. The Balaban J connectivity index is 2.56. The molecule has 0 aromatic heterocycles. The van der Waals surface area contributed by atoms with Gasteiger partial charge in [0.1, 0.15) is 17.6 Å². The summed E-state index contributed by atoms with van der Waals surface area (Å²) in [4.78, 5) is 0. The van der Waals surface area contributed by atoms with Crippen molar-refractivity contribution in [2.45, 2.75) is 39.3 Å². The van der Waals surface area contributed by atoms with Crippen molar-refractivity contribution in [3.8, 4) is 11.5 Å². The molecule has 1 atom stereocenters. The lowest BCUT2D eigenvalue weighted by molar-refractivity contribution is 0.202. The molecule has 0 saturated heterocycles. The molecule has 102 valence electrons. The van der Waals surface area contributed by atoms with Gasteiger partial charge in [0.05, 0.1) is 11.6 Å². The van der Waals surface area contributed by atoms with Crippen molar-refractivity contribution in [3.63, 3.8) is 0 Å². The highest BCUT2D eigenvalue weighted by Gasteiger charge is 2.13. The molecule has 1 aromatic rings. The van der Waals surface area contributed by atoms with Crippen LogP contribution in [0, 0.1) is 0 Å². The standard InChI is InChI=1S/C14H22BrNO2/c1-10(9-16-14(2,3)4)18-13-7-6-11(17-5)8-12(13)15/h6-8,10,16H,9H2,1-5H3. The first-order valence-electron chi connectivity index (χ1n) is 6.07. The molecule has 0 aliphatic rings. The van der Waals surface area contributed by atoms with Crippen LogP contribution in [0.5, 0.6) is 11.5 Å². The topological polar surface area (TPSA) is 30.5 Å². The van der Waals surface area contributed by atoms with Crippen LogP contribution in [0.25, 0.3) is 0 Å². The molecule has 0 saturated carbocycles. The fourth-order valence-electron chi connectivity index (χ4n) is 1.41. The van der Waals surface area contributed by atoms with Gasteiger partial charge in [0.15, 0.2) is 0 Å². The van der Waals surface area contributed by atoms with Gasteiger partial charge in [0, 0.05) is 12.1 Å². The average Bonchev–Trinajstić information content (AvgIpc) is 2.28. The summed E-state index contributed by atoms with van der Waals surface area (Å²) in [5, 5.41) is 3.42. The number of halogens is 1. The molecule has 1 rings (SSSR count). The Kier molecular flexibility index (Phi) is 5.47. The molecule has 1 aromatic carbocycles. The molecule has 0 amide bonds. The zero-order valence-corrected chi connectivity index (χ0v) is 13.3. The third-order valence-corrected chi connectivity index (χ3v) is 3.01. The summed E-state index contributed by atoms with van der Waals surface area (Å²) in [7, 11) is 1.65. The Bertz CT molecular complexity index is 388. The van der Waals surface area contributed by atoms with E-state index >= 15 is 0 Å². The highest BCUT2D eigenvalue weighted by molar-refractivity contribution is 9.10. The maximum Gasteiger partial charge on any atom is 0.134 e. The number of benzene rings is 1. The Hall–Kier alpha value is -0.740. The van der Waals surface area contributed by atoms with Gasteiger partial charge in [-0.15, -0.1) is 0 Å². The lowest BCUT2D eigenvalue weighted by Gasteiger charge is -2.24. The number of ether oxygens (including phenoxy) is 2. The second-order valence-corrected chi connectivity index (χ2v) is 6.21. The minimum atomic E-state index is 0.105. The van der Waals surface area contributed by atoms with E-state index in [0.717, 1.165) is 22.5 Å². The van der Waals surface area contributed by atoms with Crippen molar-refractivity contribution in [3.05, 3.63) is 22.7 Å². The Morgan fingerprint density at radius 3 is 2.50 bits per heavy atom. The zero-order valence-electron chi connectivity index (χ0n) is 11.7. The highest BCUT2D eigenvalue weighted by Crippen LogP contribution is 2.29. The molecule has 0 fully saturated rings. The van der Waals surface area contributed by atoms with Gasteiger partial charge in [-0.1, -0.05) is 0 Å². The molecule has 18 heavy (non-hydrogen) atoms. The van der Waals surface area contributed by atoms with Crippen LogP contribution in [0.15, 0.2) is 22.7 Å². The predicted molar refractivity (Wildman–Crippen MR) is 78.5 cm³/mol. The molecule has 4 heteroatoms. The van der Waals surface area contributed by atoms with Crippen LogP contribution >= 0.6 is 15.9 Å². The Morgan fingerprint density at radius 2 is 2.00 bits per heavy atom. The number of hydrogen-bond donors (Lipinski definition) is 1. The number of hydrogen-bond acceptors (Lipinski definition) is 3. The van der Waals surface area contributed by atoms with Gasteiger partial charge in [0.25, 0.3) is 0 Å². The van der Waals surface area contributed by atoms with Gasteiger partial charge in [-0.05, 0) is 61.8 Å². The van der Waals surface area contributed by atoms with E-state index in [2.05, 4.69) is 48.9 Å². The summed E-state index contributed by atoms with van der Waals surface area (Å²) in [6, 6.07) is 5.71. The molecule has 3 nitrogen and oxygen atoms in total. The van der Waals surface area contributed by atoms with Crippen molar-refractivity contribution in [2.24, 2.45) is 0 Å².